The second kappa shape index (κ2) is 6.36. The Hall–Kier alpha value is -1.07. The highest BCUT2D eigenvalue weighted by Crippen LogP contribution is 2.32. The van der Waals surface area contributed by atoms with Gasteiger partial charge in [-0.15, -0.1) is 0 Å². The van der Waals surface area contributed by atoms with Crippen molar-refractivity contribution in [3.63, 3.8) is 0 Å². The van der Waals surface area contributed by atoms with Crippen molar-refractivity contribution < 1.29 is 13.2 Å². The summed E-state index contributed by atoms with van der Waals surface area (Å²) in [5, 5.41) is 3.49. The molecule has 0 spiro atoms. The van der Waals surface area contributed by atoms with Crippen molar-refractivity contribution in [2.45, 2.75) is 44.4 Å². The summed E-state index contributed by atoms with van der Waals surface area (Å²) < 4.78 is 38.8. The summed E-state index contributed by atoms with van der Waals surface area (Å²) in [7, 11) is 0. The lowest BCUT2D eigenvalue weighted by Gasteiger charge is -2.47. The van der Waals surface area contributed by atoms with Gasteiger partial charge in [-0.05, 0) is 18.4 Å². The molecule has 1 fully saturated rings. The zero-order valence-corrected chi connectivity index (χ0v) is 12.6. The molecule has 1 aliphatic rings. The van der Waals surface area contributed by atoms with Crippen molar-refractivity contribution in [3.8, 4) is 0 Å². The summed E-state index contributed by atoms with van der Waals surface area (Å²) in [6, 6.07) is 9.22. The Labute approximate surface area is 124 Å². The smallest absolute Gasteiger partial charge is 0.308 e. The van der Waals surface area contributed by atoms with Gasteiger partial charge in [-0.1, -0.05) is 44.2 Å². The first kappa shape index (κ1) is 16.3. The van der Waals surface area contributed by atoms with Crippen LogP contribution in [0, 0.1) is 0 Å². The number of nitrogens with one attached hydrogen (secondary N) is 1. The summed E-state index contributed by atoms with van der Waals surface area (Å²) in [6.07, 6.45) is -2.50. The third-order valence-electron chi connectivity index (χ3n) is 4.54. The second-order valence-corrected chi connectivity index (χ2v) is 5.81. The van der Waals surface area contributed by atoms with E-state index in [1.165, 1.54) is 0 Å². The molecule has 1 aromatic rings. The van der Waals surface area contributed by atoms with E-state index in [4.69, 9.17) is 0 Å². The highest BCUT2D eigenvalue weighted by molar-refractivity contribution is 5.21. The predicted octanol–water partition coefficient (Wildman–Crippen LogP) is 3.75. The van der Waals surface area contributed by atoms with Crippen molar-refractivity contribution >= 4 is 0 Å². The van der Waals surface area contributed by atoms with Crippen LogP contribution in [0.25, 0.3) is 0 Å². The first-order valence-corrected chi connectivity index (χ1v) is 7.50. The fourth-order valence-electron chi connectivity index (χ4n) is 3.12. The Morgan fingerprint density at radius 2 is 1.81 bits per heavy atom. The highest BCUT2D eigenvalue weighted by atomic mass is 19.4. The molecule has 1 unspecified atom stereocenters. The molecule has 0 bridgehead atoms. The zero-order valence-electron chi connectivity index (χ0n) is 12.6. The number of piperazine rings is 1. The van der Waals surface area contributed by atoms with Crippen LogP contribution in [-0.4, -0.2) is 36.2 Å². The van der Waals surface area contributed by atoms with Crippen molar-refractivity contribution in [1.82, 2.24) is 10.2 Å². The number of nitrogens with zero attached hydrogens (tertiary/aromatic N) is 1. The van der Waals surface area contributed by atoms with Crippen LogP contribution in [0.5, 0.6) is 0 Å². The van der Waals surface area contributed by atoms with E-state index in [0.29, 0.717) is 13.1 Å². The highest BCUT2D eigenvalue weighted by Gasteiger charge is 2.42. The number of hydrogen-bond acceptors (Lipinski definition) is 2. The third-order valence-corrected chi connectivity index (χ3v) is 4.54. The lowest BCUT2D eigenvalue weighted by Crippen LogP contribution is -2.62. The maximum atomic E-state index is 12.9. The Bertz CT molecular complexity index is 441. The quantitative estimate of drug-likeness (QED) is 0.911. The summed E-state index contributed by atoms with van der Waals surface area (Å²) in [4.78, 5) is 1.58. The average molecular weight is 300 g/mol. The monoisotopic (exact) mass is 300 g/mol. The molecule has 118 valence electrons. The van der Waals surface area contributed by atoms with Gasteiger partial charge in [-0.2, -0.15) is 13.2 Å². The van der Waals surface area contributed by atoms with Gasteiger partial charge in [0.25, 0.3) is 0 Å². The number of benzene rings is 1. The molecule has 21 heavy (non-hydrogen) atoms. The van der Waals surface area contributed by atoms with E-state index in [2.05, 4.69) is 5.32 Å². The van der Waals surface area contributed by atoms with Crippen LogP contribution in [-0.2, 0) is 0 Å². The normalized spacial score (nSPS) is 23.2. The van der Waals surface area contributed by atoms with Gasteiger partial charge in [0, 0.05) is 24.7 Å². The molecule has 0 radical (unpaired) electrons. The fraction of sp³-hybridized carbons (Fsp3) is 0.625. The molecule has 0 aromatic heterocycles. The van der Waals surface area contributed by atoms with E-state index in [1.54, 1.807) is 4.90 Å². The molecule has 0 saturated carbocycles. The van der Waals surface area contributed by atoms with Crippen molar-refractivity contribution in [1.29, 1.82) is 0 Å². The van der Waals surface area contributed by atoms with Crippen LogP contribution >= 0.6 is 0 Å². The molecule has 1 N–H and O–H groups in total. The second-order valence-electron chi connectivity index (χ2n) is 5.81. The molecule has 1 atom stereocenters. The molecular weight excluding hydrogens is 277 g/mol. The molecule has 0 aliphatic carbocycles. The Morgan fingerprint density at radius 1 is 1.19 bits per heavy atom. The molecule has 2 rings (SSSR count). The fourth-order valence-corrected chi connectivity index (χ4v) is 3.12. The Morgan fingerprint density at radius 3 is 2.33 bits per heavy atom. The number of rotatable bonds is 4. The van der Waals surface area contributed by atoms with Gasteiger partial charge in [-0.3, -0.25) is 4.90 Å². The molecule has 2 nitrogen and oxygen atoms in total. The summed E-state index contributed by atoms with van der Waals surface area (Å²) in [6.45, 7) is 4.20. The first-order chi connectivity index (χ1) is 9.89. The van der Waals surface area contributed by atoms with Crippen LogP contribution in [0.1, 0.15) is 38.3 Å². The number of hydrogen-bond donors (Lipinski definition) is 1. The molecule has 1 aromatic carbocycles. The van der Waals surface area contributed by atoms with Gasteiger partial charge in [0.05, 0.1) is 6.54 Å². The van der Waals surface area contributed by atoms with Crippen molar-refractivity contribution in [2.24, 2.45) is 0 Å². The molecular formula is C16H23F3N2. The number of alkyl halides is 3. The standard InChI is InChI=1S/C16H23F3N2/c1-3-15(4-2)11-21(12-16(17,18)19)14(10-20-15)13-8-6-5-7-9-13/h5-9,14,20H,3-4,10-12H2,1-2H3. The van der Waals surface area contributed by atoms with Crippen LogP contribution in [0.4, 0.5) is 13.2 Å². The molecule has 1 aliphatic heterocycles. The maximum absolute atomic E-state index is 12.9. The minimum absolute atomic E-state index is 0.212. The Kier molecular flexibility index (Phi) is 4.94. The predicted molar refractivity (Wildman–Crippen MR) is 78.1 cm³/mol. The van der Waals surface area contributed by atoms with Crippen molar-refractivity contribution in [3.05, 3.63) is 35.9 Å². The van der Waals surface area contributed by atoms with Crippen LogP contribution < -0.4 is 5.32 Å². The molecule has 0 amide bonds. The van der Waals surface area contributed by atoms with Crippen molar-refractivity contribution in [2.75, 3.05) is 19.6 Å². The van der Waals surface area contributed by atoms with E-state index in [-0.39, 0.29) is 11.6 Å². The maximum Gasteiger partial charge on any atom is 0.401 e. The van der Waals surface area contributed by atoms with Gasteiger partial charge in [0.2, 0.25) is 0 Å². The largest absolute Gasteiger partial charge is 0.401 e. The molecule has 1 saturated heterocycles. The van der Waals surface area contributed by atoms with Gasteiger partial charge < -0.3 is 5.32 Å². The zero-order chi connectivity index (χ0) is 15.5. The van der Waals surface area contributed by atoms with Crippen LogP contribution in [0.3, 0.4) is 0 Å². The minimum atomic E-state index is -4.17. The lowest BCUT2D eigenvalue weighted by molar-refractivity contribution is -0.157. The van der Waals surface area contributed by atoms with E-state index in [9.17, 15) is 13.2 Å². The van der Waals surface area contributed by atoms with Gasteiger partial charge >= 0.3 is 6.18 Å². The summed E-state index contributed by atoms with van der Waals surface area (Å²) >= 11 is 0. The van der Waals surface area contributed by atoms with Crippen LogP contribution in [0.2, 0.25) is 0 Å². The van der Waals surface area contributed by atoms with E-state index < -0.39 is 12.7 Å². The molecule has 1 heterocycles. The van der Waals surface area contributed by atoms with Crippen LogP contribution in [0.15, 0.2) is 30.3 Å². The van der Waals surface area contributed by atoms with Gasteiger partial charge in [0.15, 0.2) is 0 Å². The van der Waals surface area contributed by atoms with E-state index in [0.717, 1.165) is 18.4 Å². The summed E-state index contributed by atoms with van der Waals surface area (Å²) in [5.41, 5.74) is 0.728. The van der Waals surface area contributed by atoms with Gasteiger partial charge in [0.1, 0.15) is 0 Å². The third kappa shape index (κ3) is 3.98. The first-order valence-electron chi connectivity index (χ1n) is 7.50. The molecule has 5 heteroatoms. The SMILES string of the molecule is CCC1(CC)CN(CC(F)(F)F)C(c2ccccc2)CN1. The number of halogens is 3. The lowest BCUT2D eigenvalue weighted by atomic mass is 9.87. The van der Waals surface area contributed by atoms with E-state index >= 15 is 0 Å². The minimum Gasteiger partial charge on any atom is -0.308 e. The van der Waals surface area contributed by atoms with E-state index in [1.807, 2.05) is 44.2 Å². The Balaban J connectivity index is 2.24. The van der Waals surface area contributed by atoms with Gasteiger partial charge in [-0.25, -0.2) is 0 Å². The topological polar surface area (TPSA) is 15.3 Å². The summed E-state index contributed by atoms with van der Waals surface area (Å²) in [5.74, 6) is 0. The average Bonchev–Trinajstić information content (AvgIpc) is 2.46.